The van der Waals surface area contributed by atoms with E-state index in [0.717, 1.165) is 0 Å². The number of likely N-dealkylation sites (tertiary alicyclic amines) is 1. The average molecular weight is 570 g/mol. The highest BCUT2D eigenvalue weighted by atomic mass is 35.5. The van der Waals surface area contributed by atoms with E-state index in [4.69, 9.17) is 21.1 Å². The number of ether oxygens (including phenoxy) is 2. The third-order valence-corrected chi connectivity index (χ3v) is 8.43. The van der Waals surface area contributed by atoms with Crippen molar-refractivity contribution in [1.29, 1.82) is 0 Å². The molecule has 0 saturated carbocycles. The van der Waals surface area contributed by atoms with Crippen molar-refractivity contribution in [1.82, 2.24) is 4.90 Å². The van der Waals surface area contributed by atoms with E-state index in [9.17, 15) is 19.5 Å². The van der Waals surface area contributed by atoms with Crippen LogP contribution in [0.15, 0.2) is 48.5 Å². The zero-order chi connectivity index (χ0) is 28.6. The van der Waals surface area contributed by atoms with Gasteiger partial charge in [0, 0.05) is 16.4 Å². The van der Waals surface area contributed by atoms with Gasteiger partial charge in [0.2, 0.25) is 17.7 Å². The molecule has 2 aromatic rings. The number of amides is 3. The molecule has 6 atom stereocenters. The number of hydrogen-bond donors (Lipinski definition) is 3. The van der Waals surface area contributed by atoms with Crippen LogP contribution in [0.2, 0.25) is 5.02 Å². The molecule has 1 spiro atoms. The summed E-state index contributed by atoms with van der Waals surface area (Å²) in [4.78, 5) is 43.3. The average Bonchev–Trinajstić information content (AvgIpc) is 3.57. The van der Waals surface area contributed by atoms with Gasteiger partial charge in [0.25, 0.3) is 0 Å². The van der Waals surface area contributed by atoms with Crippen molar-refractivity contribution < 1.29 is 29.0 Å². The second kappa shape index (κ2) is 11.4. The molecule has 3 aliphatic rings. The molecule has 3 N–H and O–H groups in total. The van der Waals surface area contributed by atoms with Crippen molar-refractivity contribution in [2.75, 3.05) is 23.8 Å². The highest BCUT2D eigenvalue weighted by molar-refractivity contribution is 6.30. The standard InChI is InChI=1S/C30H36ClN3O6/c1-4-39-22-11-9-20(10-12-22)32-27(36)24-23-13-14-30(40-23)25(24)29(38)34(21(16-35)15-17(2)3)26(30)28(37)33-19-7-5-18(31)6-8-19/h5-12,17,21,23-26,35H,4,13-16H2,1-3H3,(H,32,36)(H,33,37)/t21-,23+,24-,25+,26?,30?/m1/s1. The molecule has 2 unspecified atom stereocenters. The first-order valence-corrected chi connectivity index (χ1v) is 14.3. The van der Waals surface area contributed by atoms with Gasteiger partial charge in [0.1, 0.15) is 17.4 Å². The fourth-order valence-electron chi connectivity index (χ4n) is 6.67. The monoisotopic (exact) mass is 569 g/mol. The molecular weight excluding hydrogens is 534 g/mol. The number of nitrogens with one attached hydrogen (secondary N) is 2. The van der Waals surface area contributed by atoms with Gasteiger partial charge in [-0.2, -0.15) is 0 Å². The summed E-state index contributed by atoms with van der Waals surface area (Å²) < 4.78 is 12.0. The number of hydrogen-bond acceptors (Lipinski definition) is 6. The molecule has 0 radical (unpaired) electrons. The van der Waals surface area contributed by atoms with Crippen LogP contribution in [-0.4, -0.2) is 64.7 Å². The van der Waals surface area contributed by atoms with Crippen LogP contribution in [0.4, 0.5) is 11.4 Å². The lowest BCUT2D eigenvalue weighted by molar-refractivity contribution is -0.143. The highest BCUT2D eigenvalue weighted by Crippen LogP contribution is 2.59. The zero-order valence-corrected chi connectivity index (χ0v) is 23.7. The first-order valence-electron chi connectivity index (χ1n) is 13.9. The Morgan fingerprint density at radius 2 is 1.73 bits per heavy atom. The maximum Gasteiger partial charge on any atom is 0.250 e. The van der Waals surface area contributed by atoms with E-state index < -0.39 is 41.5 Å². The maximum atomic E-state index is 14.2. The van der Waals surface area contributed by atoms with Crippen LogP contribution in [-0.2, 0) is 19.1 Å². The second-order valence-corrected chi connectivity index (χ2v) is 11.6. The summed E-state index contributed by atoms with van der Waals surface area (Å²) in [5.41, 5.74) is -0.0511. The van der Waals surface area contributed by atoms with Gasteiger partial charge in [0.05, 0.1) is 37.2 Å². The summed E-state index contributed by atoms with van der Waals surface area (Å²) >= 11 is 6.02. The van der Waals surface area contributed by atoms with Crippen LogP contribution in [0.1, 0.15) is 40.0 Å². The summed E-state index contributed by atoms with van der Waals surface area (Å²) in [5, 5.41) is 16.8. The van der Waals surface area contributed by atoms with Gasteiger partial charge >= 0.3 is 0 Å². The van der Waals surface area contributed by atoms with Gasteiger partial charge in [0.15, 0.2) is 0 Å². The normalized spacial score (nSPS) is 27.6. The van der Waals surface area contributed by atoms with E-state index in [1.54, 1.807) is 48.5 Å². The van der Waals surface area contributed by atoms with Crippen LogP contribution in [0.3, 0.4) is 0 Å². The molecule has 3 heterocycles. The Morgan fingerprint density at radius 3 is 2.33 bits per heavy atom. The Morgan fingerprint density at radius 1 is 1.10 bits per heavy atom. The molecule has 214 valence electrons. The van der Waals surface area contributed by atoms with Gasteiger partial charge < -0.3 is 30.1 Å². The van der Waals surface area contributed by atoms with Crippen molar-refractivity contribution in [3.05, 3.63) is 53.6 Å². The predicted octanol–water partition coefficient (Wildman–Crippen LogP) is 4.10. The van der Waals surface area contributed by atoms with Crippen molar-refractivity contribution in [3.8, 4) is 5.75 Å². The molecule has 3 saturated heterocycles. The molecule has 3 aliphatic heterocycles. The van der Waals surface area contributed by atoms with Crippen LogP contribution in [0.5, 0.6) is 5.75 Å². The molecule has 0 aromatic heterocycles. The Hall–Kier alpha value is -3.14. The van der Waals surface area contributed by atoms with Crippen LogP contribution >= 0.6 is 11.6 Å². The number of benzene rings is 2. The van der Waals surface area contributed by atoms with E-state index in [1.165, 1.54) is 4.90 Å². The van der Waals surface area contributed by atoms with Gasteiger partial charge in [-0.15, -0.1) is 0 Å². The SMILES string of the molecule is CCOc1ccc(NC(=O)[C@@H]2[C@@H]3CCC4(O3)C(C(=O)Nc3ccc(Cl)cc3)N([C@@H](CO)CC(C)C)C(=O)[C@H]24)cc1. The summed E-state index contributed by atoms with van der Waals surface area (Å²) in [6.45, 7) is 6.13. The number of carbonyl (C=O) groups excluding carboxylic acids is 3. The van der Waals surface area contributed by atoms with Crippen LogP contribution in [0.25, 0.3) is 0 Å². The maximum absolute atomic E-state index is 14.2. The van der Waals surface area contributed by atoms with Crippen molar-refractivity contribution in [2.45, 2.75) is 63.8 Å². The van der Waals surface area contributed by atoms with Gasteiger partial charge in [-0.05, 0) is 80.6 Å². The largest absolute Gasteiger partial charge is 0.494 e. The Balaban J connectivity index is 1.46. The third-order valence-electron chi connectivity index (χ3n) is 8.18. The lowest BCUT2D eigenvalue weighted by Gasteiger charge is -2.37. The predicted molar refractivity (Wildman–Crippen MR) is 151 cm³/mol. The smallest absolute Gasteiger partial charge is 0.250 e. The number of aliphatic hydroxyl groups is 1. The number of fused-ring (bicyclic) bond motifs is 1. The number of nitrogens with zero attached hydrogens (tertiary/aromatic N) is 1. The number of rotatable bonds is 10. The lowest BCUT2D eigenvalue weighted by atomic mass is 9.70. The zero-order valence-electron chi connectivity index (χ0n) is 22.9. The van der Waals surface area contributed by atoms with Crippen molar-refractivity contribution in [2.24, 2.45) is 17.8 Å². The topological polar surface area (TPSA) is 117 Å². The molecule has 9 nitrogen and oxygen atoms in total. The summed E-state index contributed by atoms with van der Waals surface area (Å²) in [6.07, 6.45) is 1.04. The minimum atomic E-state index is -1.16. The molecule has 0 aliphatic carbocycles. The first kappa shape index (κ1) is 28.4. The number of halogens is 1. The fourth-order valence-corrected chi connectivity index (χ4v) is 6.80. The van der Waals surface area contributed by atoms with E-state index in [2.05, 4.69) is 10.6 Å². The lowest BCUT2D eigenvalue weighted by Crippen LogP contribution is -2.56. The summed E-state index contributed by atoms with van der Waals surface area (Å²) in [5.74, 6) is -1.80. The van der Waals surface area contributed by atoms with E-state index in [-0.39, 0.29) is 24.3 Å². The quantitative estimate of drug-likeness (QED) is 0.397. The number of aliphatic hydroxyl groups excluding tert-OH is 1. The Kier molecular flexibility index (Phi) is 8.08. The summed E-state index contributed by atoms with van der Waals surface area (Å²) in [6, 6.07) is 12.2. The number of carbonyl (C=O) groups is 3. The van der Waals surface area contributed by atoms with E-state index in [1.807, 2.05) is 20.8 Å². The molecule has 3 amide bonds. The van der Waals surface area contributed by atoms with Gasteiger partial charge in [-0.1, -0.05) is 25.4 Å². The summed E-state index contributed by atoms with van der Waals surface area (Å²) in [7, 11) is 0. The van der Waals surface area contributed by atoms with Crippen LogP contribution in [0, 0.1) is 17.8 Å². The van der Waals surface area contributed by atoms with Gasteiger partial charge in [-0.25, -0.2) is 0 Å². The molecule has 2 bridgehead atoms. The third kappa shape index (κ3) is 5.06. The molecule has 40 heavy (non-hydrogen) atoms. The highest BCUT2D eigenvalue weighted by Gasteiger charge is 2.75. The molecule has 5 rings (SSSR count). The second-order valence-electron chi connectivity index (χ2n) is 11.2. The molecule has 2 aromatic carbocycles. The van der Waals surface area contributed by atoms with E-state index >= 15 is 0 Å². The molecule has 3 fully saturated rings. The fraction of sp³-hybridized carbons (Fsp3) is 0.500. The molecular formula is C30H36ClN3O6. The van der Waals surface area contributed by atoms with Gasteiger partial charge in [-0.3, -0.25) is 14.4 Å². The minimum Gasteiger partial charge on any atom is -0.494 e. The number of anilines is 2. The van der Waals surface area contributed by atoms with Crippen molar-refractivity contribution in [3.63, 3.8) is 0 Å². The van der Waals surface area contributed by atoms with E-state index in [0.29, 0.717) is 48.0 Å². The minimum absolute atomic E-state index is 0.166. The first-order chi connectivity index (χ1) is 19.2. The Bertz CT molecular complexity index is 1250. The van der Waals surface area contributed by atoms with Crippen molar-refractivity contribution >= 4 is 40.7 Å². The Labute approximate surface area is 239 Å². The van der Waals surface area contributed by atoms with Crippen LogP contribution < -0.4 is 15.4 Å². The molecule has 10 heteroatoms.